The van der Waals surface area contributed by atoms with E-state index in [1.54, 1.807) is 0 Å². The highest BCUT2D eigenvalue weighted by molar-refractivity contribution is 5.81. The molecule has 26 heavy (non-hydrogen) atoms. The third kappa shape index (κ3) is 3.42. The molecule has 0 spiro atoms. The molecule has 0 saturated heterocycles. The van der Waals surface area contributed by atoms with E-state index in [4.69, 9.17) is 4.84 Å². The molecule has 0 aliphatic heterocycles. The van der Waals surface area contributed by atoms with E-state index in [2.05, 4.69) is 0 Å². The molecule has 0 atom stereocenters. The fourth-order valence-corrected chi connectivity index (χ4v) is 2.75. The Morgan fingerprint density at radius 3 is 2.65 bits per heavy atom. The van der Waals surface area contributed by atoms with Crippen molar-refractivity contribution in [1.29, 1.82) is 0 Å². The van der Waals surface area contributed by atoms with Crippen LogP contribution in [0.1, 0.15) is 18.2 Å². The van der Waals surface area contributed by atoms with E-state index in [1.165, 1.54) is 43.3 Å². The van der Waals surface area contributed by atoms with Crippen LogP contribution in [0.3, 0.4) is 0 Å². The highest BCUT2D eigenvalue weighted by atomic mass is 19.2. The first-order valence-electron chi connectivity index (χ1n) is 7.86. The Balaban J connectivity index is 2.08. The molecule has 3 rings (SSSR count). The summed E-state index contributed by atoms with van der Waals surface area (Å²) in [6.45, 7) is 1.20. The maximum absolute atomic E-state index is 13.8. The third-order valence-electron chi connectivity index (χ3n) is 3.93. The van der Waals surface area contributed by atoms with Gasteiger partial charge in [0, 0.05) is 24.4 Å². The minimum absolute atomic E-state index is 0.0919. The Kier molecular flexibility index (Phi) is 4.71. The zero-order valence-corrected chi connectivity index (χ0v) is 13.8. The van der Waals surface area contributed by atoms with E-state index in [1.807, 2.05) is 0 Å². The number of aryl methyl sites for hydroxylation is 2. The molecule has 5 nitrogen and oxygen atoms in total. The lowest BCUT2D eigenvalue weighted by atomic mass is 10.1. The van der Waals surface area contributed by atoms with Crippen molar-refractivity contribution in [3.63, 3.8) is 0 Å². The van der Waals surface area contributed by atoms with E-state index in [9.17, 15) is 23.5 Å². The highest BCUT2D eigenvalue weighted by Gasteiger charge is 2.14. The molecule has 0 bridgehead atoms. The van der Waals surface area contributed by atoms with Gasteiger partial charge in [-0.05, 0) is 36.6 Å². The standard InChI is InChI=1S/C19H15F2NO4/c1-11(23)26-22-13(6-5-12-3-2-4-16(20)19(12)21)9-18(25)15-8-7-14(24)10-17(15)22/h2-4,7-10,24H,5-6H2,1H3. The minimum atomic E-state index is -0.955. The lowest BCUT2D eigenvalue weighted by Crippen LogP contribution is -2.24. The first kappa shape index (κ1) is 17.6. The SMILES string of the molecule is CC(=O)On1c(CCc2cccc(F)c2F)cc(=O)c2ccc(O)cc21. The van der Waals surface area contributed by atoms with Crippen LogP contribution in [-0.2, 0) is 17.6 Å². The zero-order valence-electron chi connectivity index (χ0n) is 13.8. The molecule has 7 heteroatoms. The number of fused-ring (bicyclic) bond motifs is 1. The molecule has 0 aliphatic rings. The number of hydrogen-bond acceptors (Lipinski definition) is 4. The second kappa shape index (κ2) is 6.95. The van der Waals surface area contributed by atoms with E-state index in [-0.39, 0.29) is 40.5 Å². The Bertz CT molecular complexity index is 1060. The summed E-state index contributed by atoms with van der Waals surface area (Å²) in [4.78, 5) is 28.9. The Morgan fingerprint density at radius 1 is 1.15 bits per heavy atom. The second-order valence-electron chi connectivity index (χ2n) is 5.79. The van der Waals surface area contributed by atoms with Crippen LogP contribution in [0.15, 0.2) is 47.3 Å². The predicted molar refractivity (Wildman–Crippen MR) is 90.9 cm³/mol. The number of pyridine rings is 1. The maximum Gasteiger partial charge on any atom is 0.329 e. The quantitative estimate of drug-likeness (QED) is 0.778. The monoisotopic (exact) mass is 359 g/mol. The van der Waals surface area contributed by atoms with Crippen molar-refractivity contribution in [3.05, 3.63) is 75.6 Å². The number of phenols is 1. The van der Waals surface area contributed by atoms with Gasteiger partial charge in [0.05, 0.1) is 11.2 Å². The van der Waals surface area contributed by atoms with Gasteiger partial charge < -0.3 is 9.94 Å². The van der Waals surface area contributed by atoms with Crippen LogP contribution in [0.25, 0.3) is 10.9 Å². The number of benzene rings is 2. The van der Waals surface area contributed by atoms with Crippen LogP contribution >= 0.6 is 0 Å². The van der Waals surface area contributed by atoms with Gasteiger partial charge in [0.1, 0.15) is 5.75 Å². The number of aromatic hydroxyl groups is 1. The van der Waals surface area contributed by atoms with Crippen LogP contribution in [0, 0.1) is 11.6 Å². The molecule has 1 N–H and O–H groups in total. The summed E-state index contributed by atoms with van der Waals surface area (Å²) < 4.78 is 28.3. The van der Waals surface area contributed by atoms with Crippen LogP contribution in [0.4, 0.5) is 8.78 Å². The van der Waals surface area contributed by atoms with Crippen molar-refractivity contribution in [1.82, 2.24) is 4.73 Å². The van der Waals surface area contributed by atoms with Gasteiger partial charge in [-0.3, -0.25) is 4.79 Å². The molecule has 3 aromatic rings. The van der Waals surface area contributed by atoms with Crippen molar-refractivity contribution in [2.24, 2.45) is 0 Å². The number of nitrogens with zero attached hydrogens (tertiary/aromatic N) is 1. The Labute approximate surface area is 147 Å². The summed E-state index contributed by atoms with van der Waals surface area (Å²) in [5.41, 5.74) is 0.315. The molecule has 1 aromatic heterocycles. The summed E-state index contributed by atoms with van der Waals surface area (Å²) in [5, 5.41) is 9.95. The largest absolute Gasteiger partial charge is 0.508 e. The number of carbonyl (C=O) groups excluding carboxylic acids is 1. The summed E-state index contributed by atoms with van der Waals surface area (Å²) in [6.07, 6.45) is 0.211. The normalized spacial score (nSPS) is 10.9. The Morgan fingerprint density at radius 2 is 1.92 bits per heavy atom. The van der Waals surface area contributed by atoms with Gasteiger partial charge >= 0.3 is 5.97 Å². The van der Waals surface area contributed by atoms with Crippen molar-refractivity contribution in [3.8, 4) is 5.75 Å². The number of rotatable bonds is 4. The van der Waals surface area contributed by atoms with E-state index in [0.717, 1.165) is 10.8 Å². The van der Waals surface area contributed by atoms with Gasteiger partial charge in [-0.2, -0.15) is 4.73 Å². The van der Waals surface area contributed by atoms with E-state index in [0.29, 0.717) is 5.69 Å². The van der Waals surface area contributed by atoms with Crippen LogP contribution in [0.5, 0.6) is 5.75 Å². The van der Waals surface area contributed by atoms with Crippen molar-refractivity contribution >= 4 is 16.9 Å². The van der Waals surface area contributed by atoms with Crippen LogP contribution < -0.4 is 10.3 Å². The molecule has 0 amide bonds. The van der Waals surface area contributed by atoms with Crippen LogP contribution in [0.2, 0.25) is 0 Å². The van der Waals surface area contributed by atoms with Crippen molar-refractivity contribution in [2.75, 3.05) is 0 Å². The molecule has 0 unspecified atom stereocenters. The minimum Gasteiger partial charge on any atom is -0.508 e. The van der Waals surface area contributed by atoms with Crippen molar-refractivity contribution < 1.29 is 23.5 Å². The predicted octanol–water partition coefficient (Wildman–Crippen LogP) is 2.75. The summed E-state index contributed by atoms with van der Waals surface area (Å²) in [7, 11) is 0. The molecule has 0 radical (unpaired) electrons. The lowest BCUT2D eigenvalue weighted by Gasteiger charge is -2.15. The molecule has 0 fully saturated rings. The molecule has 134 valence electrons. The molecule has 0 saturated carbocycles. The van der Waals surface area contributed by atoms with E-state index < -0.39 is 17.6 Å². The molecular weight excluding hydrogens is 344 g/mol. The van der Waals surface area contributed by atoms with Gasteiger partial charge in [0.25, 0.3) is 0 Å². The van der Waals surface area contributed by atoms with Crippen molar-refractivity contribution in [2.45, 2.75) is 19.8 Å². The number of carbonyl (C=O) groups is 1. The van der Waals surface area contributed by atoms with Gasteiger partial charge in [-0.15, -0.1) is 0 Å². The van der Waals surface area contributed by atoms with Gasteiger partial charge in [-0.25, -0.2) is 13.6 Å². The summed E-state index contributed by atoms with van der Waals surface area (Å²) in [5.74, 6) is -2.64. The zero-order chi connectivity index (χ0) is 18.8. The lowest BCUT2D eigenvalue weighted by molar-refractivity contribution is -0.141. The van der Waals surface area contributed by atoms with Crippen LogP contribution in [-0.4, -0.2) is 15.8 Å². The number of phenolic OH excluding ortho intramolecular Hbond substituents is 1. The number of hydrogen-bond donors (Lipinski definition) is 1. The first-order chi connectivity index (χ1) is 12.4. The van der Waals surface area contributed by atoms with Gasteiger partial charge in [0.15, 0.2) is 17.1 Å². The first-order valence-corrected chi connectivity index (χ1v) is 7.86. The molecule has 0 aliphatic carbocycles. The fourth-order valence-electron chi connectivity index (χ4n) is 2.75. The number of halogens is 2. The third-order valence-corrected chi connectivity index (χ3v) is 3.93. The highest BCUT2D eigenvalue weighted by Crippen LogP contribution is 2.20. The maximum atomic E-state index is 13.8. The fraction of sp³-hybridized carbons (Fsp3) is 0.158. The van der Waals surface area contributed by atoms with Gasteiger partial charge in [0.2, 0.25) is 0 Å². The Hall–Kier alpha value is -3.22. The van der Waals surface area contributed by atoms with E-state index >= 15 is 0 Å². The second-order valence-corrected chi connectivity index (χ2v) is 5.79. The smallest absolute Gasteiger partial charge is 0.329 e. The average Bonchev–Trinajstić information content (AvgIpc) is 2.58. The summed E-state index contributed by atoms with van der Waals surface area (Å²) in [6, 6.07) is 9.20. The molecule has 2 aromatic carbocycles. The molecular formula is C19H15F2NO4. The summed E-state index contributed by atoms with van der Waals surface area (Å²) >= 11 is 0. The van der Waals surface area contributed by atoms with Gasteiger partial charge in [-0.1, -0.05) is 12.1 Å². The number of aromatic nitrogens is 1. The topological polar surface area (TPSA) is 68.5 Å². The average molecular weight is 359 g/mol. The molecule has 1 heterocycles.